The standard InChI is InChI=1S/Li.Na.HO3P/c;;1-4(2)3/h;;1H/q2*+1;-2. The molecule has 0 aromatic rings. The van der Waals surface area contributed by atoms with Crippen LogP contribution >= 0.6 is 8.60 Å². The molecule has 0 saturated heterocycles. The first-order valence-corrected chi connectivity index (χ1v) is 1.70. The maximum absolute atomic E-state index is 8.59. The number of hydrogen-bond donors (Lipinski definition) is 1. The fourth-order valence-electron chi connectivity index (χ4n) is 0. The summed E-state index contributed by atoms with van der Waals surface area (Å²) in [5.74, 6) is 0. The summed E-state index contributed by atoms with van der Waals surface area (Å²) in [6, 6.07) is 0. The predicted octanol–water partition coefficient (Wildman–Crippen LogP) is -8.07. The van der Waals surface area contributed by atoms with Gasteiger partial charge in [0.05, 0.1) is 0 Å². The molecule has 0 unspecified atom stereocenters. The topological polar surface area (TPSA) is 66.3 Å². The average Bonchev–Trinajstić information content (AvgIpc) is 0.811. The molecular formula is HLiNaO3P. The Kier molecular flexibility index (Phi) is 26.1. The van der Waals surface area contributed by atoms with E-state index in [1.807, 2.05) is 0 Å². The number of rotatable bonds is 0. The van der Waals surface area contributed by atoms with E-state index in [2.05, 4.69) is 0 Å². The van der Waals surface area contributed by atoms with Crippen molar-refractivity contribution in [3.05, 3.63) is 0 Å². The van der Waals surface area contributed by atoms with Gasteiger partial charge in [-0.3, -0.25) is 0 Å². The molecule has 0 aliphatic rings. The molecule has 0 aliphatic carbocycles. The van der Waals surface area contributed by atoms with E-state index in [1.165, 1.54) is 0 Å². The van der Waals surface area contributed by atoms with Crippen molar-refractivity contribution in [3.8, 4) is 0 Å². The summed E-state index contributed by atoms with van der Waals surface area (Å²) in [5.41, 5.74) is 0. The van der Waals surface area contributed by atoms with Crippen molar-refractivity contribution in [3.63, 3.8) is 0 Å². The minimum absolute atomic E-state index is 0. The fraction of sp³-hybridized carbons (Fsp3) is 0. The van der Waals surface area contributed by atoms with Gasteiger partial charge in [0.2, 0.25) is 0 Å². The third-order valence-electron chi connectivity index (χ3n) is 0. The minimum atomic E-state index is -3.12. The maximum atomic E-state index is 8.59. The second kappa shape index (κ2) is 10.0. The summed E-state index contributed by atoms with van der Waals surface area (Å²) in [5, 5.41) is 0. The van der Waals surface area contributed by atoms with Crippen molar-refractivity contribution in [2.24, 2.45) is 0 Å². The third kappa shape index (κ3) is 39.1. The Morgan fingerprint density at radius 2 is 1.33 bits per heavy atom. The quantitative estimate of drug-likeness (QED) is 0.248. The van der Waals surface area contributed by atoms with Crippen molar-refractivity contribution in [2.45, 2.75) is 0 Å². The molecule has 0 aromatic heterocycles. The summed E-state index contributed by atoms with van der Waals surface area (Å²) in [6.07, 6.45) is 0. The van der Waals surface area contributed by atoms with Crippen molar-refractivity contribution < 1.29 is 63.1 Å². The Hall–Kier alpha value is 1.91. The van der Waals surface area contributed by atoms with Gasteiger partial charge in [0, 0.05) is 0 Å². The van der Waals surface area contributed by atoms with E-state index in [4.69, 9.17) is 14.7 Å². The van der Waals surface area contributed by atoms with Gasteiger partial charge in [0.1, 0.15) is 0 Å². The van der Waals surface area contributed by atoms with Crippen LogP contribution in [-0.2, 0) is 0 Å². The molecule has 0 saturated carbocycles. The molecule has 0 heterocycles. The van der Waals surface area contributed by atoms with Gasteiger partial charge in [-0.25, -0.2) is 0 Å². The first-order valence-electron chi connectivity index (χ1n) is 0.565. The molecule has 0 radical (unpaired) electrons. The zero-order valence-electron chi connectivity index (χ0n) is 3.71. The minimum Gasteiger partial charge on any atom is -0.820 e. The van der Waals surface area contributed by atoms with Crippen LogP contribution in [0.1, 0.15) is 0 Å². The molecule has 3 nitrogen and oxygen atoms in total. The van der Waals surface area contributed by atoms with Gasteiger partial charge >= 0.3 is 48.4 Å². The third-order valence-corrected chi connectivity index (χ3v) is 0. The molecule has 0 aromatic carbocycles. The molecule has 0 amide bonds. The Morgan fingerprint density at radius 1 is 1.33 bits per heavy atom. The van der Waals surface area contributed by atoms with Crippen LogP contribution in [0, 0.1) is 0 Å². The van der Waals surface area contributed by atoms with Crippen LogP contribution < -0.4 is 58.2 Å². The van der Waals surface area contributed by atoms with E-state index in [0.717, 1.165) is 0 Å². The van der Waals surface area contributed by atoms with Gasteiger partial charge in [0.25, 0.3) is 0 Å². The molecular weight excluding hydrogens is 109 g/mol. The van der Waals surface area contributed by atoms with Crippen molar-refractivity contribution >= 4 is 8.60 Å². The normalized spacial score (nSPS) is 6.00. The molecule has 0 bridgehead atoms. The molecule has 6 heavy (non-hydrogen) atoms. The average molecular weight is 110 g/mol. The summed E-state index contributed by atoms with van der Waals surface area (Å²) in [7, 11) is -3.12. The van der Waals surface area contributed by atoms with Gasteiger partial charge < -0.3 is 14.7 Å². The first-order chi connectivity index (χ1) is 1.73. The van der Waals surface area contributed by atoms with Crippen LogP contribution in [0.25, 0.3) is 0 Å². The van der Waals surface area contributed by atoms with Crippen LogP contribution in [0.15, 0.2) is 0 Å². The Labute approximate surface area is 71.2 Å². The van der Waals surface area contributed by atoms with Crippen LogP contribution in [-0.4, -0.2) is 4.89 Å². The van der Waals surface area contributed by atoms with Gasteiger partial charge in [0.15, 0.2) is 0 Å². The zero-order chi connectivity index (χ0) is 3.58. The van der Waals surface area contributed by atoms with Crippen LogP contribution in [0.5, 0.6) is 0 Å². The van der Waals surface area contributed by atoms with Crippen LogP contribution in [0.4, 0.5) is 0 Å². The van der Waals surface area contributed by atoms with Gasteiger partial charge in [-0.1, -0.05) is 0 Å². The van der Waals surface area contributed by atoms with Crippen molar-refractivity contribution in [1.29, 1.82) is 0 Å². The second-order valence-corrected chi connectivity index (χ2v) is 0.714. The summed E-state index contributed by atoms with van der Waals surface area (Å²) < 4.78 is 0. The van der Waals surface area contributed by atoms with Gasteiger partial charge in [-0.15, -0.1) is 0 Å². The Morgan fingerprint density at radius 3 is 1.33 bits per heavy atom. The van der Waals surface area contributed by atoms with E-state index in [1.54, 1.807) is 0 Å². The number of hydrogen-bond acceptors (Lipinski definition) is 3. The fourth-order valence-corrected chi connectivity index (χ4v) is 0. The Bertz CT molecular complexity index is 15.5. The van der Waals surface area contributed by atoms with Crippen molar-refractivity contribution in [2.75, 3.05) is 0 Å². The molecule has 6 heteroatoms. The monoisotopic (exact) mass is 110 g/mol. The van der Waals surface area contributed by atoms with E-state index in [0.29, 0.717) is 0 Å². The summed E-state index contributed by atoms with van der Waals surface area (Å²) in [4.78, 5) is 24.2. The van der Waals surface area contributed by atoms with E-state index in [-0.39, 0.29) is 48.4 Å². The molecule has 0 aliphatic heterocycles. The molecule has 0 spiro atoms. The van der Waals surface area contributed by atoms with Gasteiger partial charge in [-0.2, -0.15) is 8.60 Å². The van der Waals surface area contributed by atoms with E-state index >= 15 is 0 Å². The maximum Gasteiger partial charge on any atom is 1.00 e. The molecule has 1 N–H and O–H groups in total. The Balaban J connectivity index is -0.0000000450. The summed E-state index contributed by atoms with van der Waals surface area (Å²) >= 11 is 0. The summed E-state index contributed by atoms with van der Waals surface area (Å²) in [6.45, 7) is 0. The molecule has 0 fully saturated rings. The molecule has 0 atom stereocenters. The zero-order valence-corrected chi connectivity index (χ0v) is 6.61. The smallest absolute Gasteiger partial charge is 0.820 e. The largest absolute Gasteiger partial charge is 1.00 e. The predicted molar refractivity (Wildman–Crippen MR) is 9.14 cm³/mol. The molecule has 0 rings (SSSR count). The van der Waals surface area contributed by atoms with Crippen molar-refractivity contribution in [1.82, 2.24) is 0 Å². The SMILES string of the molecule is [Li+].[Na+].[O-]P([O-])O. The first kappa shape index (κ1) is 15.7. The van der Waals surface area contributed by atoms with Crippen LogP contribution in [0.3, 0.4) is 0 Å². The van der Waals surface area contributed by atoms with E-state index in [9.17, 15) is 0 Å². The van der Waals surface area contributed by atoms with Crippen LogP contribution in [0.2, 0.25) is 0 Å². The second-order valence-electron chi connectivity index (χ2n) is 0.238. The van der Waals surface area contributed by atoms with Gasteiger partial charge in [-0.05, 0) is 0 Å². The van der Waals surface area contributed by atoms with E-state index < -0.39 is 8.60 Å². The molecule has 26 valence electrons.